The number of carboxylic acid groups (broad SMARTS) is 1. The quantitative estimate of drug-likeness (QED) is 0.817. The molecule has 0 saturated carbocycles. The van der Waals surface area contributed by atoms with Gasteiger partial charge in [-0.2, -0.15) is 0 Å². The maximum Gasteiger partial charge on any atom is 0.303 e. The zero-order valence-corrected chi connectivity index (χ0v) is 9.33. The van der Waals surface area contributed by atoms with Crippen molar-refractivity contribution >= 4 is 11.7 Å². The smallest absolute Gasteiger partial charge is 0.303 e. The summed E-state index contributed by atoms with van der Waals surface area (Å²) >= 11 is 0. The Kier molecular flexibility index (Phi) is 3.44. The van der Waals surface area contributed by atoms with Crippen molar-refractivity contribution in [1.29, 1.82) is 0 Å². The fourth-order valence-electron chi connectivity index (χ4n) is 2.25. The van der Waals surface area contributed by atoms with Gasteiger partial charge in [0.2, 0.25) is 0 Å². The summed E-state index contributed by atoms with van der Waals surface area (Å²) in [6.07, 6.45) is 4.15. The molecule has 3 nitrogen and oxygen atoms in total. The number of aryl methyl sites for hydroxylation is 1. The van der Waals surface area contributed by atoms with E-state index in [1.807, 2.05) is 6.07 Å². The fraction of sp³-hybridized carbons (Fsp3) is 0.462. The van der Waals surface area contributed by atoms with Crippen molar-refractivity contribution in [3.63, 3.8) is 0 Å². The number of hydrogen-bond donors (Lipinski definition) is 2. The first-order valence-electron chi connectivity index (χ1n) is 5.84. The van der Waals surface area contributed by atoms with Gasteiger partial charge in [0, 0.05) is 18.7 Å². The average Bonchev–Trinajstić information content (AvgIpc) is 2.29. The van der Waals surface area contributed by atoms with Crippen LogP contribution in [0.2, 0.25) is 0 Å². The summed E-state index contributed by atoms with van der Waals surface area (Å²) in [7, 11) is 0. The standard InChI is InChI=1S/C13H17NO2/c15-13(16)8-2-5-10-4-1-7-12-11(10)6-3-9-14-12/h1,4,7,14H,2-3,5-6,8-9H2,(H,15,16). The van der Waals surface area contributed by atoms with Gasteiger partial charge < -0.3 is 10.4 Å². The van der Waals surface area contributed by atoms with Crippen LogP contribution < -0.4 is 5.32 Å². The monoisotopic (exact) mass is 219 g/mol. The van der Waals surface area contributed by atoms with Crippen LogP contribution in [0.5, 0.6) is 0 Å². The number of nitrogens with one attached hydrogen (secondary N) is 1. The highest BCUT2D eigenvalue weighted by atomic mass is 16.4. The third-order valence-electron chi connectivity index (χ3n) is 3.03. The van der Waals surface area contributed by atoms with Gasteiger partial charge in [-0.05, 0) is 42.9 Å². The van der Waals surface area contributed by atoms with Crippen LogP contribution >= 0.6 is 0 Å². The van der Waals surface area contributed by atoms with Gasteiger partial charge in [0.15, 0.2) is 0 Å². The number of fused-ring (bicyclic) bond motifs is 1. The molecule has 0 amide bonds. The third kappa shape index (κ3) is 2.54. The van der Waals surface area contributed by atoms with E-state index in [0.29, 0.717) is 0 Å². The number of hydrogen-bond acceptors (Lipinski definition) is 2. The normalized spacial score (nSPS) is 14.0. The van der Waals surface area contributed by atoms with Crippen LogP contribution in [0.25, 0.3) is 0 Å². The zero-order valence-electron chi connectivity index (χ0n) is 9.33. The van der Waals surface area contributed by atoms with E-state index >= 15 is 0 Å². The van der Waals surface area contributed by atoms with Gasteiger partial charge in [0.25, 0.3) is 0 Å². The lowest BCUT2D eigenvalue weighted by Gasteiger charge is -2.20. The van der Waals surface area contributed by atoms with E-state index in [2.05, 4.69) is 17.4 Å². The van der Waals surface area contributed by atoms with Crippen LogP contribution in [0.15, 0.2) is 18.2 Å². The van der Waals surface area contributed by atoms with Crippen LogP contribution in [0.3, 0.4) is 0 Å². The first kappa shape index (κ1) is 11.0. The average molecular weight is 219 g/mol. The first-order chi connectivity index (χ1) is 7.77. The highest BCUT2D eigenvalue weighted by molar-refractivity contribution is 5.66. The molecule has 0 atom stereocenters. The van der Waals surface area contributed by atoms with Gasteiger partial charge >= 0.3 is 5.97 Å². The molecule has 0 saturated heterocycles. The Hall–Kier alpha value is -1.51. The van der Waals surface area contributed by atoms with Crippen molar-refractivity contribution in [3.05, 3.63) is 29.3 Å². The second-order valence-electron chi connectivity index (χ2n) is 4.22. The molecule has 1 aromatic rings. The number of aliphatic carboxylic acids is 1. The highest BCUT2D eigenvalue weighted by Crippen LogP contribution is 2.26. The van der Waals surface area contributed by atoms with Gasteiger partial charge in [-0.3, -0.25) is 4.79 Å². The molecule has 1 aliphatic heterocycles. The summed E-state index contributed by atoms with van der Waals surface area (Å²) in [5.41, 5.74) is 3.93. The first-order valence-corrected chi connectivity index (χ1v) is 5.84. The Balaban J connectivity index is 2.05. The lowest BCUT2D eigenvalue weighted by molar-refractivity contribution is -0.137. The van der Waals surface area contributed by atoms with Crippen molar-refractivity contribution in [2.24, 2.45) is 0 Å². The lowest BCUT2D eigenvalue weighted by Crippen LogP contribution is -2.13. The number of carbonyl (C=O) groups is 1. The molecule has 0 fully saturated rings. The molecule has 86 valence electrons. The van der Waals surface area contributed by atoms with Gasteiger partial charge in [-0.1, -0.05) is 12.1 Å². The molecule has 16 heavy (non-hydrogen) atoms. The predicted octanol–water partition coefficient (Wildman–Crippen LogP) is 2.45. The summed E-state index contributed by atoms with van der Waals surface area (Å²) < 4.78 is 0. The molecule has 0 aliphatic carbocycles. The molecule has 0 bridgehead atoms. The maximum atomic E-state index is 10.5. The Bertz CT molecular complexity index is 388. The minimum absolute atomic E-state index is 0.261. The zero-order chi connectivity index (χ0) is 11.4. The summed E-state index contributed by atoms with van der Waals surface area (Å²) in [5.74, 6) is -0.706. The molecule has 1 aromatic carbocycles. The van der Waals surface area contributed by atoms with Crippen molar-refractivity contribution in [2.75, 3.05) is 11.9 Å². The number of benzene rings is 1. The number of carboxylic acids is 1. The number of rotatable bonds is 4. The SMILES string of the molecule is O=C(O)CCCc1cccc2c1CCCN2. The fourth-order valence-corrected chi connectivity index (χ4v) is 2.25. The van der Waals surface area contributed by atoms with Crippen molar-refractivity contribution in [1.82, 2.24) is 0 Å². The van der Waals surface area contributed by atoms with Gasteiger partial charge in [0.05, 0.1) is 0 Å². The molecule has 2 N–H and O–H groups in total. The molecule has 0 aromatic heterocycles. The Morgan fingerprint density at radius 2 is 2.31 bits per heavy atom. The topological polar surface area (TPSA) is 49.3 Å². The van der Waals surface area contributed by atoms with Gasteiger partial charge in [-0.15, -0.1) is 0 Å². The van der Waals surface area contributed by atoms with Crippen LogP contribution in [0, 0.1) is 0 Å². The lowest BCUT2D eigenvalue weighted by atomic mass is 9.94. The second kappa shape index (κ2) is 5.01. The van der Waals surface area contributed by atoms with Crippen LogP contribution in [-0.2, 0) is 17.6 Å². The molecular weight excluding hydrogens is 202 g/mol. The van der Waals surface area contributed by atoms with Gasteiger partial charge in [-0.25, -0.2) is 0 Å². The largest absolute Gasteiger partial charge is 0.481 e. The third-order valence-corrected chi connectivity index (χ3v) is 3.03. The molecule has 3 heteroatoms. The van der Waals surface area contributed by atoms with Crippen LogP contribution in [0.1, 0.15) is 30.4 Å². The van der Waals surface area contributed by atoms with E-state index in [4.69, 9.17) is 5.11 Å². The van der Waals surface area contributed by atoms with E-state index in [1.165, 1.54) is 23.2 Å². The van der Waals surface area contributed by atoms with Crippen LogP contribution in [-0.4, -0.2) is 17.6 Å². The molecule has 1 aliphatic rings. The molecule has 0 spiro atoms. The Morgan fingerprint density at radius 3 is 3.12 bits per heavy atom. The Morgan fingerprint density at radius 1 is 1.44 bits per heavy atom. The van der Waals surface area contributed by atoms with Crippen LogP contribution in [0.4, 0.5) is 5.69 Å². The molecule has 0 unspecified atom stereocenters. The van der Waals surface area contributed by atoms with Crippen molar-refractivity contribution < 1.29 is 9.90 Å². The minimum Gasteiger partial charge on any atom is -0.481 e. The van der Waals surface area contributed by atoms with Gasteiger partial charge in [0.1, 0.15) is 0 Å². The van der Waals surface area contributed by atoms with E-state index in [-0.39, 0.29) is 6.42 Å². The van der Waals surface area contributed by atoms with E-state index in [9.17, 15) is 4.79 Å². The summed E-state index contributed by atoms with van der Waals surface area (Å²) in [6.45, 7) is 1.05. The predicted molar refractivity (Wildman–Crippen MR) is 63.8 cm³/mol. The molecule has 2 rings (SSSR count). The van der Waals surface area contributed by atoms with E-state index in [0.717, 1.165) is 25.8 Å². The summed E-state index contributed by atoms with van der Waals surface area (Å²) in [6, 6.07) is 6.27. The number of anilines is 1. The minimum atomic E-state index is -0.706. The second-order valence-corrected chi connectivity index (χ2v) is 4.22. The van der Waals surface area contributed by atoms with Crippen molar-refractivity contribution in [2.45, 2.75) is 32.1 Å². The summed E-state index contributed by atoms with van der Waals surface area (Å²) in [4.78, 5) is 10.5. The molecule has 1 heterocycles. The summed E-state index contributed by atoms with van der Waals surface area (Å²) in [5, 5.41) is 12.0. The molecule has 0 radical (unpaired) electrons. The van der Waals surface area contributed by atoms with E-state index in [1.54, 1.807) is 0 Å². The van der Waals surface area contributed by atoms with Crippen molar-refractivity contribution in [3.8, 4) is 0 Å². The molecular formula is C13H17NO2. The highest BCUT2D eigenvalue weighted by Gasteiger charge is 2.12. The maximum absolute atomic E-state index is 10.5. The Labute approximate surface area is 95.5 Å². The van der Waals surface area contributed by atoms with E-state index < -0.39 is 5.97 Å².